The fourth-order valence-electron chi connectivity index (χ4n) is 2.11. The van der Waals surface area contributed by atoms with Crippen LogP contribution in [0.15, 0.2) is 24.3 Å². The number of benzene rings is 1. The first kappa shape index (κ1) is 13.9. The molecule has 1 aliphatic carbocycles. The van der Waals surface area contributed by atoms with E-state index in [2.05, 4.69) is 6.07 Å². The summed E-state index contributed by atoms with van der Waals surface area (Å²) in [6.45, 7) is 2.32. The molecule has 2 rings (SSSR count). The van der Waals surface area contributed by atoms with Gasteiger partial charge in [-0.1, -0.05) is 19.3 Å². The Morgan fingerprint density at radius 1 is 1.11 bits per heavy atom. The molecule has 1 aromatic carbocycles. The van der Waals surface area contributed by atoms with Crippen LogP contribution in [0.4, 0.5) is 0 Å². The van der Waals surface area contributed by atoms with E-state index in [1.807, 2.05) is 12.1 Å². The number of nitrogens with zero attached hydrogens (tertiary/aromatic N) is 1. The van der Waals surface area contributed by atoms with Crippen molar-refractivity contribution in [3.63, 3.8) is 0 Å². The van der Waals surface area contributed by atoms with Crippen molar-refractivity contribution in [3.8, 4) is 11.8 Å². The van der Waals surface area contributed by atoms with Gasteiger partial charge in [0.15, 0.2) is 0 Å². The number of nitriles is 1. The van der Waals surface area contributed by atoms with Crippen LogP contribution in [0.3, 0.4) is 0 Å². The van der Waals surface area contributed by atoms with Gasteiger partial charge >= 0.3 is 0 Å². The normalized spacial score (nSPS) is 14.7. The number of hydrogen-bond donors (Lipinski definition) is 0. The van der Waals surface area contributed by atoms with Crippen LogP contribution < -0.4 is 4.74 Å². The van der Waals surface area contributed by atoms with Gasteiger partial charge in [0.2, 0.25) is 0 Å². The van der Waals surface area contributed by atoms with Crippen molar-refractivity contribution in [2.24, 2.45) is 5.92 Å². The van der Waals surface area contributed by atoms with Crippen LogP contribution in [-0.4, -0.2) is 19.8 Å². The molecule has 1 aliphatic rings. The van der Waals surface area contributed by atoms with Crippen molar-refractivity contribution in [3.05, 3.63) is 29.8 Å². The lowest BCUT2D eigenvalue weighted by molar-refractivity contribution is 0.0961. The van der Waals surface area contributed by atoms with E-state index in [9.17, 15) is 0 Å². The zero-order valence-electron chi connectivity index (χ0n) is 11.3. The highest BCUT2D eigenvalue weighted by molar-refractivity contribution is 5.34. The minimum absolute atomic E-state index is 0.659. The van der Waals surface area contributed by atoms with E-state index >= 15 is 0 Å². The van der Waals surface area contributed by atoms with Gasteiger partial charge in [-0.3, -0.25) is 0 Å². The molecule has 0 saturated heterocycles. The Bertz CT molecular complexity index is 404. The second-order valence-corrected chi connectivity index (χ2v) is 5.04. The van der Waals surface area contributed by atoms with Crippen LogP contribution >= 0.6 is 0 Å². The van der Waals surface area contributed by atoms with Crippen LogP contribution in [0, 0.1) is 17.2 Å². The summed E-state index contributed by atoms with van der Waals surface area (Å²) in [5.41, 5.74) is 0.659. The molecule has 1 saturated carbocycles. The molecule has 1 aromatic rings. The van der Waals surface area contributed by atoms with Crippen molar-refractivity contribution >= 4 is 0 Å². The Balaban J connectivity index is 1.47. The summed E-state index contributed by atoms with van der Waals surface area (Å²) in [6, 6.07) is 9.28. The fourth-order valence-corrected chi connectivity index (χ4v) is 2.11. The molecule has 0 heterocycles. The third-order valence-corrected chi connectivity index (χ3v) is 3.58. The average Bonchev–Trinajstić information content (AvgIpc) is 2.40. The molecule has 0 N–H and O–H groups in total. The summed E-state index contributed by atoms with van der Waals surface area (Å²) < 4.78 is 11.2. The lowest BCUT2D eigenvalue weighted by Gasteiger charge is -2.24. The maximum atomic E-state index is 8.68. The topological polar surface area (TPSA) is 42.2 Å². The Morgan fingerprint density at radius 3 is 2.53 bits per heavy atom. The lowest BCUT2D eigenvalue weighted by atomic mass is 9.83. The van der Waals surface area contributed by atoms with Crippen molar-refractivity contribution in [2.45, 2.75) is 32.1 Å². The molecule has 3 heteroatoms. The van der Waals surface area contributed by atoms with Gasteiger partial charge in [-0.15, -0.1) is 0 Å². The molecule has 0 bridgehead atoms. The lowest BCUT2D eigenvalue weighted by Crippen LogP contribution is -2.14. The van der Waals surface area contributed by atoms with Gasteiger partial charge in [0.05, 0.1) is 18.2 Å². The van der Waals surface area contributed by atoms with Gasteiger partial charge in [-0.2, -0.15) is 5.26 Å². The van der Waals surface area contributed by atoms with E-state index in [1.54, 1.807) is 12.1 Å². The molecule has 0 amide bonds. The average molecular weight is 259 g/mol. The quantitative estimate of drug-likeness (QED) is 0.671. The van der Waals surface area contributed by atoms with Crippen LogP contribution in [-0.2, 0) is 4.74 Å². The smallest absolute Gasteiger partial charge is 0.119 e. The Labute approximate surface area is 115 Å². The third-order valence-electron chi connectivity index (χ3n) is 3.58. The first-order valence-electron chi connectivity index (χ1n) is 7.09. The van der Waals surface area contributed by atoms with Gasteiger partial charge in [-0.25, -0.2) is 0 Å². The van der Waals surface area contributed by atoms with Crippen molar-refractivity contribution < 1.29 is 9.47 Å². The first-order valence-corrected chi connectivity index (χ1v) is 7.09. The zero-order valence-corrected chi connectivity index (χ0v) is 11.3. The first-order chi connectivity index (χ1) is 9.38. The molecule has 19 heavy (non-hydrogen) atoms. The maximum Gasteiger partial charge on any atom is 0.119 e. The minimum atomic E-state index is 0.659. The second-order valence-electron chi connectivity index (χ2n) is 5.04. The highest BCUT2D eigenvalue weighted by Gasteiger charge is 2.16. The standard InChI is InChI=1S/C16H21NO2/c17-13-15-5-7-16(8-6-15)19-11-2-10-18-12-9-14-3-1-4-14/h5-8,14H,1-4,9-12H2. The Kier molecular flexibility index (Phi) is 5.71. The summed E-state index contributed by atoms with van der Waals surface area (Å²) in [5, 5.41) is 8.68. The van der Waals surface area contributed by atoms with Crippen LogP contribution in [0.2, 0.25) is 0 Å². The van der Waals surface area contributed by atoms with Crippen LogP contribution in [0.5, 0.6) is 5.75 Å². The van der Waals surface area contributed by atoms with Gasteiger partial charge in [0.25, 0.3) is 0 Å². The molecule has 0 aromatic heterocycles. The van der Waals surface area contributed by atoms with Gasteiger partial charge < -0.3 is 9.47 Å². The largest absolute Gasteiger partial charge is 0.494 e. The number of ether oxygens (including phenoxy) is 2. The summed E-state index contributed by atoms with van der Waals surface area (Å²) in [5.74, 6) is 1.74. The second kappa shape index (κ2) is 7.81. The van der Waals surface area contributed by atoms with Crippen LogP contribution in [0.1, 0.15) is 37.7 Å². The summed E-state index contributed by atoms with van der Waals surface area (Å²) in [7, 11) is 0. The summed E-state index contributed by atoms with van der Waals surface area (Å²) in [6.07, 6.45) is 6.32. The van der Waals surface area contributed by atoms with Gasteiger partial charge in [0, 0.05) is 19.6 Å². The monoisotopic (exact) mass is 259 g/mol. The predicted octanol–water partition coefficient (Wildman–Crippen LogP) is 3.53. The Morgan fingerprint density at radius 2 is 1.89 bits per heavy atom. The molecule has 0 aliphatic heterocycles. The molecule has 0 radical (unpaired) electrons. The number of hydrogen-bond acceptors (Lipinski definition) is 3. The third kappa shape index (κ3) is 4.92. The fraction of sp³-hybridized carbons (Fsp3) is 0.562. The van der Waals surface area contributed by atoms with E-state index in [-0.39, 0.29) is 0 Å². The molecule has 102 valence electrons. The molecule has 0 atom stereocenters. The summed E-state index contributed by atoms with van der Waals surface area (Å²) >= 11 is 0. The van der Waals surface area contributed by atoms with Gasteiger partial charge in [-0.05, 0) is 36.6 Å². The molecule has 1 fully saturated rings. The molecule has 0 unspecified atom stereocenters. The zero-order chi connectivity index (χ0) is 13.3. The minimum Gasteiger partial charge on any atom is -0.494 e. The van der Waals surface area contributed by atoms with E-state index in [0.29, 0.717) is 12.2 Å². The van der Waals surface area contributed by atoms with Crippen LogP contribution in [0.25, 0.3) is 0 Å². The molecular formula is C16H21NO2. The highest BCUT2D eigenvalue weighted by Crippen LogP contribution is 2.29. The van der Waals surface area contributed by atoms with E-state index in [4.69, 9.17) is 14.7 Å². The predicted molar refractivity (Wildman–Crippen MR) is 74.0 cm³/mol. The van der Waals surface area contributed by atoms with Crippen molar-refractivity contribution in [1.29, 1.82) is 5.26 Å². The van der Waals surface area contributed by atoms with Gasteiger partial charge in [0.1, 0.15) is 5.75 Å². The van der Waals surface area contributed by atoms with E-state index in [1.165, 1.54) is 25.7 Å². The van der Waals surface area contributed by atoms with Crippen molar-refractivity contribution in [1.82, 2.24) is 0 Å². The SMILES string of the molecule is N#Cc1ccc(OCCCOCCC2CCC2)cc1. The molecular weight excluding hydrogens is 238 g/mol. The van der Waals surface area contributed by atoms with Crippen molar-refractivity contribution in [2.75, 3.05) is 19.8 Å². The summed E-state index contributed by atoms with van der Waals surface area (Å²) in [4.78, 5) is 0. The van der Waals surface area contributed by atoms with E-state index < -0.39 is 0 Å². The molecule has 0 spiro atoms. The number of rotatable bonds is 8. The Hall–Kier alpha value is -1.53. The maximum absolute atomic E-state index is 8.68. The highest BCUT2D eigenvalue weighted by atomic mass is 16.5. The molecule has 3 nitrogen and oxygen atoms in total. The van der Waals surface area contributed by atoms with E-state index in [0.717, 1.165) is 31.3 Å².